The van der Waals surface area contributed by atoms with Crippen molar-refractivity contribution < 1.29 is 52.4 Å². The largest absolute Gasteiger partial charge is 0.455 e. The Hall–Kier alpha value is -3.81. The topological polar surface area (TPSA) is 188 Å². The number of ether oxygens (including phenoxy) is 5. The second kappa shape index (κ2) is 19.1. The smallest absolute Gasteiger partial charge is 0.425 e. The molecule has 60 heavy (non-hydrogen) atoms. The number of amides is 1. The van der Waals surface area contributed by atoms with E-state index in [1.165, 1.54) is 26.2 Å². The van der Waals surface area contributed by atoms with E-state index in [2.05, 4.69) is 20.5 Å². The number of aliphatic hydroxyl groups is 1. The summed E-state index contributed by atoms with van der Waals surface area (Å²) in [5.74, 6) is -4.98. The number of esters is 1. The second-order valence-electron chi connectivity index (χ2n) is 17.5. The number of cyclic esters (lactones) is 1. The minimum atomic E-state index is -3.17. The van der Waals surface area contributed by atoms with E-state index in [4.69, 9.17) is 28.5 Å². The lowest BCUT2D eigenvalue weighted by molar-refractivity contribution is -0.295. The lowest BCUT2D eigenvalue weighted by atomic mass is 9.73. The Bertz CT molecular complexity index is 1850. The number of Topliss-reactive ketones (excluding diaryl/α,β-unsaturated/α-hetero) is 1. The van der Waals surface area contributed by atoms with E-state index in [-0.39, 0.29) is 25.0 Å². The molecule has 18 heteroatoms. The summed E-state index contributed by atoms with van der Waals surface area (Å²) in [6, 6.07) is 2.52. The highest BCUT2D eigenvalue weighted by molar-refractivity contribution is 6.08. The Morgan fingerprint density at radius 2 is 1.80 bits per heavy atom. The highest BCUT2D eigenvalue weighted by Gasteiger charge is 2.62. The van der Waals surface area contributed by atoms with Crippen LogP contribution in [-0.2, 0) is 44.7 Å². The minimum absolute atomic E-state index is 0.112. The first-order valence-electron chi connectivity index (χ1n) is 21.0. The van der Waals surface area contributed by atoms with E-state index in [0.717, 1.165) is 24.5 Å². The van der Waals surface area contributed by atoms with E-state index >= 15 is 4.39 Å². The lowest BCUT2D eigenvalue weighted by Gasteiger charge is -2.47. The molecule has 0 spiro atoms. The number of aliphatic hydroxyl groups excluding tert-OH is 1. The number of aromatic nitrogens is 3. The zero-order valence-corrected chi connectivity index (χ0v) is 37.2. The van der Waals surface area contributed by atoms with Crippen LogP contribution in [-0.4, -0.2) is 148 Å². The van der Waals surface area contributed by atoms with Gasteiger partial charge in [-0.05, 0) is 86.0 Å². The number of pyridine rings is 1. The van der Waals surface area contributed by atoms with Crippen molar-refractivity contribution in [2.75, 3.05) is 34.9 Å². The maximum atomic E-state index is 17.0. The van der Waals surface area contributed by atoms with Gasteiger partial charge in [0.1, 0.15) is 30.9 Å². The van der Waals surface area contributed by atoms with Crippen molar-refractivity contribution in [3.63, 3.8) is 0 Å². The van der Waals surface area contributed by atoms with Crippen LogP contribution in [0.5, 0.6) is 0 Å². The number of imidazole rings is 1. The second-order valence-corrected chi connectivity index (χ2v) is 17.5. The Kier molecular flexibility index (Phi) is 15.0. The quantitative estimate of drug-likeness (QED) is 0.132. The number of fused-ring (bicyclic) bond motifs is 2. The van der Waals surface area contributed by atoms with Gasteiger partial charge in [0.2, 0.25) is 0 Å². The molecule has 17 nitrogen and oxygen atoms in total. The minimum Gasteiger partial charge on any atom is -0.455 e. The molecule has 2 N–H and O–H groups in total. The number of carbonyl (C=O) groups excluding carboxylic acids is 3. The number of hydrazine groups is 1. The van der Waals surface area contributed by atoms with Gasteiger partial charge in [-0.15, -0.1) is 0 Å². The fourth-order valence-electron chi connectivity index (χ4n) is 9.49. The first-order chi connectivity index (χ1) is 28.2. The van der Waals surface area contributed by atoms with E-state index in [1.54, 1.807) is 33.3 Å². The number of hydrogen-bond acceptors (Lipinski definition) is 15. The zero-order chi connectivity index (χ0) is 44.3. The number of aryl methyl sites for hydroxylation is 1. The van der Waals surface area contributed by atoms with Crippen LogP contribution in [0.2, 0.25) is 0 Å². The molecule has 0 aliphatic carbocycles. The number of likely N-dealkylation sites (N-methyl/N-ethyl adjacent to an activating group) is 1. The number of oxime groups is 1. The SMILES string of the molecule is CCC1OC(=O)[C@@](C)(F)C(=O)[C@H](C)[C@@H](O[C@@H]2O[C@H](C)C[C@H](N(C)C)[C@H]2O)[C@](C)(OC)C[C@@H](C)/C(=N\OC)[C@H](C)[C@H]2N(NCCCCn3cnc4cccnc43)C(=O)O[C@]12C. The van der Waals surface area contributed by atoms with Gasteiger partial charge in [0.25, 0.3) is 5.67 Å². The van der Waals surface area contributed by atoms with E-state index in [0.29, 0.717) is 31.6 Å². The molecule has 3 fully saturated rings. The Labute approximate surface area is 352 Å². The fraction of sp³-hybridized carbons (Fsp3) is 0.762. The van der Waals surface area contributed by atoms with Gasteiger partial charge < -0.3 is 43.1 Å². The van der Waals surface area contributed by atoms with E-state index in [9.17, 15) is 19.5 Å². The average molecular weight is 848 g/mol. The molecule has 3 saturated heterocycles. The summed E-state index contributed by atoms with van der Waals surface area (Å²) < 4.78 is 49.9. The summed E-state index contributed by atoms with van der Waals surface area (Å²) in [5.41, 5.74) is -0.726. The zero-order valence-electron chi connectivity index (χ0n) is 37.2. The van der Waals surface area contributed by atoms with Crippen molar-refractivity contribution >= 4 is 34.7 Å². The normalized spacial score (nSPS) is 37.9. The van der Waals surface area contributed by atoms with Crippen LogP contribution in [0.15, 0.2) is 29.8 Å². The van der Waals surface area contributed by atoms with Crippen molar-refractivity contribution in [2.45, 2.75) is 154 Å². The number of nitrogens with zero attached hydrogens (tertiary/aromatic N) is 6. The molecule has 1 amide bonds. The molecule has 0 radical (unpaired) electrons. The number of alkyl halides is 1. The molecule has 2 aromatic heterocycles. The number of nitrogens with one attached hydrogen (secondary N) is 1. The molecule has 0 bridgehead atoms. The molecule has 0 saturated carbocycles. The molecule has 336 valence electrons. The number of methoxy groups -OCH3 is 1. The molecule has 5 heterocycles. The van der Waals surface area contributed by atoms with Crippen molar-refractivity contribution in [3.05, 3.63) is 24.7 Å². The third-order valence-electron chi connectivity index (χ3n) is 12.8. The summed E-state index contributed by atoms with van der Waals surface area (Å²) in [6.45, 7) is 14.1. The predicted molar refractivity (Wildman–Crippen MR) is 219 cm³/mol. The third kappa shape index (κ3) is 9.33. The van der Waals surface area contributed by atoms with Gasteiger partial charge in [0, 0.05) is 50.2 Å². The van der Waals surface area contributed by atoms with Crippen LogP contribution in [0.3, 0.4) is 0 Å². The number of rotatable bonds is 12. The van der Waals surface area contributed by atoms with Gasteiger partial charge in [-0.25, -0.2) is 34.4 Å². The Morgan fingerprint density at radius 3 is 2.45 bits per heavy atom. The number of halogens is 1. The standard InChI is InChI=1S/C42H66FN7O10/c1-13-30-42(8)33(50(39(54)60-42)46-19-14-15-20-49-23-45-28-17-16-18-44-36(28)49)26(4)31(47-56-12)24(2)22-40(6,55-11)35(27(5)34(52)41(7,43)38(53)58-30)59-37-32(51)29(48(9)10)21-25(3)57-37/h16-18,23-27,29-30,32-33,35,37,46,51H,13-15,19-22H2,1-12H3/b47-31+/t24-,25-,26+,27+,29+,30?,32-,33-,35-,37+,40-,41+,42-/m1/s1. The third-order valence-corrected chi connectivity index (χ3v) is 12.8. The molecule has 5 rings (SSSR count). The maximum Gasteiger partial charge on any atom is 0.425 e. The van der Waals surface area contributed by atoms with Crippen molar-refractivity contribution in [1.29, 1.82) is 0 Å². The Morgan fingerprint density at radius 1 is 1.08 bits per heavy atom. The maximum absolute atomic E-state index is 17.0. The monoisotopic (exact) mass is 847 g/mol. The molecule has 3 aliphatic rings. The van der Waals surface area contributed by atoms with Gasteiger partial charge in [-0.2, -0.15) is 0 Å². The lowest BCUT2D eigenvalue weighted by Crippen LogP contribution is -2.62. The highest BCUT2D eigenvalue weighted by Crippen LogP contribution is 2.43. The average Bonchev–Trinajstić information content (AvgIpc) is 3.74. The number of unbranched alkanes of at least 4 members (excludes halogenated alkanes) is 1. The number of hydrogen-bond donors (Lipinski definition) is 2. The van der Waals surface area contributed by atoms with Crippen LogP contribution < -0.4 is 5.43 Å². The summed E-state index contributed by atoms with van der Waals surface area (Å²) in [6.07, 6.45) is -0.227. The van der Waals surface area contributed by atoms with E-state index in [1.807, 2.05) is 56.5 Å². The molecular formula is C42H66FN7O10. The summed E-state index contributed by atoms with van der Waals surface area (Å²) >= 11 is 0. The summed E-state index contributed by atoms with van der Waals surface area (Å²) in [5, 5.41) is 17.4. The summed E-state index contributed by atoms with van der Waals surface area (Å²) in [7, 11) is 6.56. The number of ketones is 1. The van der Waals surface area contributed by atoms with Gasteiger partial charge in [-0.3, -0.25) is 4.79 Å². The van der Waals surface area contributed by atoms with Gasteiger partial charge in [0.15, 0.2) is 23.3 Å². The first-order valence-corrected chi connectivity index (χ1v) is 21.0. The molecule has 13 atom stereocenters. The van der Waals surface area contributed by atoms with Crippen molar-refractivity contribution in [3.8, 4) is 0 Å². The van der Waals surface area contributed by atoms with Crippen molar-refractivity contribution in [1.82, 2.24) is 29.9 Å². The van der Waals surface area contributed by atoms with E-state index < -0.39 is 83.1 Å². The van der Waals surface area contributed by atoms with Crippen LogP contribution >= 0.6 is 0 Å². The Balaban J connectivity index is 1.51. The van der Waals surface area contributed by atoms with Crippen LogP contribution in [0.1, 0.15) is 87.5 Å². The van der Waals surface area contributed by atoms with Gasteiger partial charge >= 0.3 is 12.1 Å². The molecular weight excluding hydrogens is 781 g/mol. The van der Waals surface area contributed by atoms with Crippen LogP contribution in [0.25, 0.3) is 11.2 Å². The van der Waals surface area contributed by atoms with Crippen LogP contribution in [0.4, 0.5) is 9.18 Å². The van der Waals surface area contributed by atoms with Crippen molar-refractivity contribution in [2.24, 2.45) is 22.9 Å². The first kappa shape index (κ1) is 47.2. The molecule has 2 aromatic rings. The number of carbonyl (C=O) groups is 3. The van der Waals surface area contributed by atoms with Gasteiger partial charge in [0.05, 0.1) is 29.8 Å². The summed E-state index contributed by atoms with van der Waals surface area (Å²) in [4.78, 5) is 58.5. The molecule has 3 aliphatic heterocycles. The van der Waals surface area contributed by atoms with Gasteiger partial charge in [-0.1, -0.05) is 32.9 Å². The fourth-order valence-corrected chi connectivity index (χ4v) is 9.49. The highest BCUT2D eigenvalue weighted by atomic mass is 19.1. The molecule has 1 unspecified atom stereocenters. The molecule has 0 aromatic carbocycles. The van der Waals surface area contributed by atoms with Crippen LogP contribution in [0, 0.1) is 17.8 Å². The predicted octanol–water partition coefficient (Wildman–Crippen LogP) is 4.45.